The van der Waals surface area contributed by atoms with E-state index in [0.717, 1.165) is 83.7 Å². The van der Waals surface area contributed by atoms with Crippen molar-refractivity contribution in [3.05, 3.63) is 217 Å². The minimum absolute atomic E-state index is 0.453. The largest absolute Gasteiger partial charge is 0.450 e. The number of nitrogens with zero attached hydrogens (tertiary/aromatic N) is 3. The molecule has 1 N–H and O–H groups in total. The molecule has 0 saturated heterocycles. The molecule has 0 amide bonds. The van der Waals surface area contributed by atoms with Gasteiger partial charge in [0.05, 0.1) is 28.0 Å². The zero-order chi connectivity index (χ0) is 40.7. The van der Waals surface area contributed by atoms with Crippen LogP contribution < -0.4 is 14.8 Å². The Morgan fingerprint density at radius 3 is 1.89 bits per heavy atom. The second kappa shape index (κ2) is 13.6. The molecule has 1 atom stereocenters. The van der Waals surface area contributed by atoms with Gasteiger partial charge in [0, 0.05) is 38.7 Å². The summed E-state index contributed by atoms with van der Waals surface area (Å²) in [7, 11) is 0. The zero-order valence-electron chi connectivity index (χ0n) is 33.4. The highest BCUT2D eigenvalue weighted by Gasteiger charge is 2.30. The molecule has 0 radical (unpaired) electrons. The first-order valence-corrected chi connectivity index (χ1v) is 21.0. The highest BCUT2D eigenvalue weighted by atomic mass is 16.6. The van der Waals surface area contributed by atoms with E-state index in [9.17, 15) is 0 Å². The summed E-state index contributed by atoms with van der Waals surface area (Å²) in [6.07, 6.45) is -0.453. The maximum absolute atomic E-state index is 6.34. The van der Waals surface area contributed by atoms with Crippen molar-refractivity contribution in [3.8, 4) is 51.1 Å². The van der Waals surface area contributed by atoms with Gasteiger partial charge in [-0.15, -0.1) is 0 Å². The second-order valence-corrected chi connectivity index (χ2v) is 15.9. The van der Waals surface area contributed by atoms with Gasteiger partial charge in [0.2, 0.25) is 6.29 Å². The van der Waals surface area contributed by atoms with Gasteiger partial charge < -0.3 is 23.9 Å². The molecule has 6 heteroatoms. The van der Waals surface area contributed by atoms with Gasteiger partial charge in [-0.3, -0.25) is 0 Å². The molecule has 2 aliphatic heterocycles. The molecule has 11 aromatic rings. The predicted molar refractivity (Wildman–Crippen MR) is 252 cm³/mol. The second-order valence-electron chi connectivity index (χ2n) is 15.9. The molecular weight excluding hydrogens is 761 g/mol. The molecule has 2 aromatic heterocycles. The van der Waals surface area contributed by atoms with Crippen LogP contribution in [0.2, 0.25) is 0 Å². The summed E-state index contributed by atoms with van der Waals surface area (Å²) >= 11 is 0. The van der Waals surface area contributed by atoms with Crippen molar-refractivity contribution in [1.82, 2.24) is 9.13 Å². The lowest BCUT2D eigenvalue weighted by Crippen LogP contribution is -2.25. The lowest BCUT2D eigenvalue weighted by molar-refractivity contribution is 0.360. The number of aromatic nitrogens is 2. The van der Waals surface area contributed by atoms with Gasteiger partial charge in [0.1, 0.15) is 0 Å². The average molecular weight is 797 g/mol. The number of hydrogen-bond acceptors (Lipinski definition) is 4. The Hall–Kier alpha value is -8.35. The normalized spacial score (nSPS) is 14.1. The maximum Gasteiger partial charge on any atom is 0.201 e. The molecule has 1 unspecified atom stereocenters. The molecule has 4 heterocycles. The van der Waals surface area contributed by atoms with Gasteiger partial charge in [-0.1, -0.05) is 140 Å². The number of rotatable bonds is 5. The van der Waals surface area contributed by atoms with Crippen LogP contribution in [0.1, 0.15) is 17.4 Å². The van der Waals surface area contributed by atoms with Gasteiger partial charge in [0.25, 0.3) is 0 Å². The highest BCUT2D eigenvalue weighted by Crippen LogP contribution is 2.48. The number of para-hydroxylation sites is 3. The molecule has 0 saturated carbocycles. The van der Waals surface area contributed by atoms with Crippen LogP contribution in [0.5, 0.6) is 23.0 Å². The van der Waals surface area contributed by atoms with E-state index in [4.69, 9.17) is 14.5 Å². The predicted octanol–water partition coefficient (Wildman–Crippen LogP) is 14.5. The molecule has 0 spiro atoms. The minimum atomic E-state index is -0.453. The van der Waals surface area contributed by atoms with Crippen molar-refractivity contribution in [3.63, 3.8) is 0 Å². The summed E-state index contributed by atoms with van der Waals surface area (Å²) in [4.78, 5) is 5.76. The fourth-order valence-corrected chi connectivity index (χ4v) is 9.59. The van der Waals surface area contributed by atoms with Gasteiger partial charge in [0.15, 0.2) is 23.0 Å². The van der Waals surface area contributed by atoms with Crippen LogP contribution in [0.25, 0.3) is 71.6 Å². The van der Waals surface area contributed by atoms with E-state index in [0.29, 0.717) is 17.2 Å². The van der Waals surface area contributed by atoms with Gasteiger partial charge in [-0.25, -0.2) is 4.99 Å². The van der Waals surface area contributed by atoms with E-state index >= 15 is 0 Å². The van der Waals surface area contributed by atoms with Crippen LogP contribution in [-0.4, -0.2) is 14.8 Å². The van der Waals surface area contributed by atoms with Crippen molar-refractivity contribution in [2.75, 3.05) is 5.32 Å². The summed E-state index contributed by atoms with van der Waals surface area (Å²) in [6, 6.07) is 72.6. The van der Waals surface area contributed by atoms with Gasteiger partial charge in [-0.2, -0.15) is 0 Å². The molecule has 62 heavy (non-hydrogen) atoms. The molecule has 292 valence electrons. The van der Waals surface area contributed by atoms with E-state index in [2.05, 4.69) is 190 Å². The molecule has 13 rings (SSSR count). The van der Waals surface area contributed by atoms with Crippen molar-refractivity contribution in [1.29, 1.82) is 0 Å². The summed E-state index contributed by atoms with van der Waals surface area (Å²) < 4.78 is 17.3. The smallest absolute Gasteiger partial charge is 0.201 e. The van der Waals surface area contributed by atoms with E-state index in [-0.39, 0.29) is 0 Å². The topological polar surface area (TPSA) is 52.7 Å². The van der Waals surface area contributed by atoms with Crippen LogP contribution >= 0.6 is 0 Å². The molecular formula is C56H36N4O2. The summed E-state index contributed by atoms with van der Waals surface area (Å²) in [5, 5.41) is 9.85. The quantitative estimate of drug-likeness (QED) is 0.189. The van der Waals surface area contributed by atoms with Crippen LogP contribution in [0.4, 0.5) is 5.69 Å². The Morgan fingerprint density at radius 1 is 0.452 bits per heavy atom. The fourth-order valence-electron chi connectivity index (χ4n) is 9.59. The van der Waals surface area contributed by atoms with Gasteiger partial charge >= 0.3 is 0 Å². The lowest BCUT2D eigenvalue weighted by Gasteiger charge is -2.29. The number of fused-ring (bicyclic) bond motifs is 10. The monoisotopic (exact) mass is 796 g/mol. The number of anilines is 1. The zero-order valence-corrected chi connectivity index (χ0v) is 33.4. The summed E-state index contributed by atoms with van der Waals surface area (Å²) in [5.41, 5.74) is 12.9. The minimum Gasteiger partial charge on any atom is -0.450 e. The van der Waals surface area contributed by atoms with E-state index in [1.54, 1.807) is 0 Å². The van der Waals surface area contributed by atoms with Crippen molar-refractivity contribution < 1.29 is 9.47 Å². The third-order valence-corrected chi connectivity index (χ3v) is 12.4. The molecule has 0 bridgehead atoms. The number of aliphatic imine (C=N–C) groups is 1. The fraction of sp³-hybridized carbons (Fsp3) is 0.0179. The van der Waals surface area contributed by atoms with Crippen LogP contribution in [-0.2, 0) is 0 Å². The van der Waals surface area contributed by atoms with Crippen LogP contribution in [0.15, 0.2) is 211 Å². The molecule has 9 aromatic carbocycles. The Bertz CT molecular complexity index is 3610. The number of ether oxygens (including phenoxy) is 2. The van der Waals surface area contributed by atoms with Crippen LogP contribution in [0.3, 0.4) is 0 Å². The first-order chi connectivity index (χ1) is 30.7. The highest BCUT2D eigenvalue weighted by molar-refractivity contribution is 6.24. The molecule has 2 aliphatic rings. The third kappa shape index (κ3) is 5.33. The lowest BCUT2D eigenvalue weighted by atomic mass is 9.96. The molecule has 0 aliphatic carbocycles. The van der Waals surface area contributed by atoms with Gasteiger partial charge in [-0.05, 0) is 94.2 Å². The average Bonchev–Trinajstić information content (AvgIpc) is 3.90. The first-order valence-electron chi connectivity index (χ1n) is 21.0. The van der Waals surface area contributed by atoms with Crippen molar-refractivity contribution in [2.24, 2.45) is 4.99 Å². The number of nitrogens with one attached hydrogen (secondary N) is 1. The maximum atomic E-state index is 6.34. The van der Waals surface area contributed by atoms with E-state index in [1.807, 2.05) is 30.3 Å². The summed E-state index contributed by atoms with van der Waals surface area (Å²) in [5.74, 6) is 2.84. The molecule has 0 fully saturated rings. The Kier molecular flexibility index (Phi) is 7.57. The molecule has 6 nitrogen and oxygen atoms in total. The third-order valence-electron chi connectivity index (χ3n) is 12.4. The SMILES string of the molecule is c1ccc(C2=NC(n3c4ccc(-c5ccc6c(c5)Oc5ccccc5O6)cc4c4c5ccccc5ccc43)Nc3ccc4cc(-c5ccccc5)n(-c5ccccc5)c4c32)cc1. The van der Waals surface area contributed by atoms with Crippen molar-refractivity contribution in [2.45, 2.75) is 6.29 Å². The van der Waals surface area contributed by atoms with Crippen molar-refractivity contribution >= 4 is 54.9 Å². The van der Waals surface area contributed by atoms with Crippen LogP contribution in [0, 0.1) is 0 Å². The Labute approximate surface area is 357 Å². The number of hydrogen-bond donors (Lipinski definition) is 1. The first kappa shape index (κ1) is 34.5. The Balaban J connectivity index is 1.03. The number of benzene rings is 9. The Morgan fingerprint density at radius 2 is 1.08 bits per heavy atom. The summed E-state index contributed by atoms with van der Waals surface area (Å²) in [6.45, 7) is 0. The standard InChI is InChI=1S/C56H36N4O2/c1-4-15-36(16-5-1)47-33-40-24-28-44-53(55(40)59(47)41-19-8-3-9-20-41)54(37-17-6-2-7-18-37)58-56(57-44)60-45-29-26-38(32-43(45)52-42-21-11-10-14-35(42)25-30-46(52)60)39-27-31-50-51(34-39)62-49-23-13-12-22-48(49)61-50/h1-34,56-57H. The van der Waals surface area contributed by atoms with E-state index in [1.165, 1.54) is 16.2 Å². The van der Waals surface area contributed by atoms with E-state index < -0.39 is 6.29 Å².